The van der Waals surface area contributed by atoms with Crippen LogP contribution in [0.15, 0.2) is 12.2 Å². The molecule has 60 valence electrons. The van der Waals surface area contributed by atoms with Crippen molar-refractivity contribution in [1.29, 1.82) is 0 Å². The first kappa shape index (κ1) is 6.67. The van der Waals surface area contributed by atoms with Gasteiger partial charge in [0.05, 0.1) is 6.04 Å². The van der Waals surface area contributed by atoms with Crippen molar-refractivity contribution in [2.45, 2.75) is 18.6 Å². The van der Waals surface area contributed by atoms with Gasteiger partial charge >= 0.3 is 6.03 Å². The lowest BCUT2D eigenvalue weighted by molar-refractivity contribution is -0.107. The number of hydroxylamine groups is 2. The maximum absolute atomic E-state index is 11.1. The second-order valence-corrected chi connectivity index (χ2v) is 2.71. The number of hydrogen-bond acceptors (Lipinski definition) is 2. The van der Waals surface area contributed by atoms with E-state index in [2.05, 4.69) is 5.32 Å². The molecule has 1 aliphatic carbocycles. The fourth-order valence-corrected chi connectivity index (χ4v) is 1.43. The van der Waals surface area contributed by atoms with Crippen molar-refractivity contribution in [2.75, 3.05) is 7.05 Å². The molecule has 1 aliphatic heterocycles. The van der Waals surface area contributed by atoms with E-state index in [0.717, 1.165) is 6.42 Å². The zero-order chi connectivity index (χ0) is 7.84. The van der Waals surface area contributed by atoms with E-state index in [4.69, 9.17) is 4.84 Å². The van der Waals surface area contributed by atoms with E-state index in [1.54, 1.807) is 7.05 Å². The normalized spacial score (nSPS) is 33.0. The van der Waals surface area contributed by atoms with Crippen LogP contribution in [0, 0.1) is 0 Å². The average molecular weight is 154 g/mol. The van der Waals surface area contributed by atoms with E-state index < -0.39 is 0 Å². The van der Waals surface area contributed by atoms with Crippen LogP contribution in [0.3, 0.4) is 0 Å². The van der Waals surface area contributed by atoms with Crippen LogP contribution >= 0.6 is 0 Å². The van der Waals surface area contributed by atoms with Crippen molar-refractivity contribution in [1.82, 2.24) is 10.4 Å². The summed E-state index contributed by atoms with van der Waals surface area (Å²) >= 11 is 0. The third kappa shape index (κ3) is 0.903. The Bertz CT molecular complexity index is 214. The second kappa shape index (κ2) is 2.23. The molecule has 2 rings (SSSR count). The molecule has 4 heteroatoms. The topological polar surface area (TPSA) is 41.6 Å². The number of rotatable bonds is 0. The van der Waals surface area contributed by atoms with Crippen LogP contribution in [0.4, 0.5) is 4.79 Å². The molecule has 2 amide bonds. The first-order chi connectivity index (χ1) is 5.31. The highest BCUT2D eigenvalue weighted by Crippen LogP contribution is 2.28. The summed E-state index contributed by atoms with van der Waals surface area (Å²) in [4.78, 5) is 16.3. The van der Waals surface area contributed by atoms with Crippen molar-refractivity contribution in [3.63, 3.8) is 0 Å². The van der Waals surface area contributed by atoms with E-state index >= 15 is 0 Å². The van der Waals surface area contributed by atoms with Crippen LogP contribution in [0.1, 0.15) is 6.42 Å². The zero-order valence-corrected chi connectivity index (χ0v) is 6.28. The number of hydrogen-bond donors (Lipinski definition) is 1. The molecule has 2 unspecified atom stereocenters. The van der Waals surface area contributed by atoms with Gasteiger partial charge in [0.1, 0.15) is 6.10 Å². The predicted octanol–water partition coefficient (Wildman–Crippen LogP) is 0.270. The van der Waals surface area contributed by atoms with Gasteiger partial charge in [0.15, 0.2) is 0 Å². The zero-order valence-electron chi connectivity index (χ0n) is 6.28. The van der Waals surface area contributed by atoms with Gasteiger partial charge in [-0.1, -0.05) is 12.2 Å². The summed E-state index contributed by atoms with van der Waals surface area (Å²) in [5, 5.41) is 3.91. The van der Waals surface area contributed by atoms with Gasteiger partial charge in [0, 0.05) is 13.5 Å². The Morgan fingerprint density at radius 2 is 2.55 bits per heavy atom. The fraction of sp³-hybridized carbons (Fsp3) is 0.571. The molecule has 1 heterocycles. The molecular formula is C7H10N2O2. The van der Waals surface area contributed by atoms with Crippen molar-refractivity contribution < 1.29 is 9.63 Å². The minimum absolute atomic E-state index is 0.122. The molecule has 0 radical (unpaired) electrons. The van der Waals surface area contributed by atoms with Crippen molar-refractivity contribution in [3.05, 3.63) is 12.2 Å². The van der Waals surface area contributed by atoms with E-state index in [0.29, 0.717) is 0 Å². The van der Waals surface area contributed by atoms with Gasteiger partial charge in [-0.25, -0.2) is 4.79 Å². The number of carbonyl (C=O) groups excluding carboxylic acids is 1. The smallest absolute Gasteiger partial charge is 0.339 e. The molecule has 2 aliphatic rings. The first-order valence-electron chi connectivity index (χ1n) is 3.67. The number of fused-ring (bicyclic) bond motifs is 2. The van der Waals surface area contributed by atoms with E-state index in [1.165, 1.54) is 5.06 Å². The standard InChI is InChI=1S/C7H10N2O2/c1-8-7(10)9-5-2-3-6(4-5)11-9/h2-3,5-6H,4H2,1H3,(H,8,10). The maximum atomic E-state index is 11.1. The van der Waals surface area contributed by atoms with E-state index in [1.807, 2.05) is 12.2 Å². The van der Waals surface area contributed by atoms with Gasteiger partial charge in [-0.15, -0.1) is 0 Å². The Kier molecular flexibility index (Phi) is 1.35. The van der Waals surface area contributed by atoms with Crippen LogP contribution < -0.4 is 5.32 Å². The van der Waals surface area contributed by atoms with Gasteiger partial charge in [-0.3, -0.25) is 4.84 Å². The molecule has 4 nitrogen and oxygen atoms in total. The monoisotopic (exact) mass is 154 g/mol. The number of amides is 2. The molecule has 0 aromatic carbocycles. The molecule has 0 aromatic heterocycles. The van der Waals surface area contributed by atoms with Crippen molar-refractivity contribution >= 4 is 6.03 Å². The van der Waals surface area contributed by atoms with Gasteiger partial charge in [-0.2, -0.15) is 5.06 Å². The van der Waals surface area contributed by atoms with Gasteiger partial charge in [0.25, 0.3) is 0 Å². The minimum Gasteiger partial charge on any atom is -0.339 e. The summed E-state index contributed by atoms with van der Waals surface area (Å²) in [5.74, 6) is 0. The summed E-state index contributed by atoms with van der Waals surface area (Å²) < 4.78 is 0. The van der Waals surface area contributed by atoms with Gasteiger partial charge in [0.2, 0.25) is 0 Å². The molecule has 1 fully saturated rings. The molecule has 0 aromatic rings. The first-order valence-corrected chi connectivity index (χ1v) is 3.67. The number of urea groups is 1. The summed E-state index contributed by atoms with van der Waals surface area (Å²) in [6, 6.07) is -0.0122. The summed E-state index contributed by atoms with van der Waals surface area (Å²) in [5.41, 5.74) is 0. The highest BCUT2D eigenvalue weighted by molar-refractivity contribution is 5.73. The van der Waals surface area contributed by atoms with Crippen LogP contribution in [0.5, 0.6) is 0 Å². The molecular weight excluding hydrogens is 144 g/mol. The van der Waals surface area contributed by atoms with Crippen LogP contribution in [-0.4, -0.2) is 30.3 Å². The number of nitrogens with zero attached hydrogens (tertiary/aromatic N) is 1. The Morgan fingerprint density at radius 3 is 3.00 bits per heavy atom. The Morgan fingerprint density at radius 1 is 1.73 bits per heavy atom. The van der Waals surface area contributed by atoms with Crippen LogP contribution in [0.25, 0.3) is 0 Å². The quantitative estimate of drug-likeness (QED) is 0.509. The number of nitrogens with one attached hydrogen (secondary N) is 1. The summed E-state index contributed by atoms with van der Waals surface area (Å²) in [6.45, 7) is 0. The molecule has 1 N–H and O–H groups in total. The second-order valence-electron chi connectivity index (χ2n) is 2.71. The predicted molar refractivity (Wildman–Crippen MR) is 38.7 cm³/mol. The highest BCUT2D eigenvalue weighted by atomic mass is 16.7. The Hall–Kier alpha value is -1.03. The van der Waals surface area contributed by atoms with E-state index in [9.17, 15) is 4.79 Å². The Labute approximate surface area is 64.8 Å². The average Bonchev–Trinajstić information content (AvgIpc) is 2.62. The third-order valence-electron chi connectivity index (χ3n) is 1.99. The molecule has 2 bridgehead atoms. The summed E-state index contributed by atoms with van der Waals surface area (Å²) in [7, 11) is 1.60. The van der Waals surface area contributed by atoms with Gasteiger partial charge in [-0.05, 0) is 0 Å². The lowest BCUT2D eigenvalue weighted by atomic mass is 10.3. The molecule has 2 atom stereocenters. The molecule has 1 saturated heterocycles. The molecule has 0 saturated carbocycles. The van der Waals surface area contributed by atoms with Gasteiger partial charge < -0.3 is 5.32 Å². The van der Waals surface area contributed by atoms with Crippen LogP contribution in [-0.2, 0) is 4.84 Å². The number of carbonyl (C=O) groups is 1. The largest absolute Gasteiger partial charge is 0.341 e. The lowest BCUT2D eigenvalue weighted by Gasteiger charge is -2.21. The maximum Gasteiger partial charge on any atom is 0.341 e. The minimum atomic E-state index is -0.165. The van der Waals surface area contributed by atoms with E-state index in [-0.39, 0.29) is 18.2 Å². The summed E-state index contributed by atoms with van der Waals surface area (Å²) in [6.07, 6.45) is 5.03. The highest BCUT2D eigenvalue weighted by Gasteiger charge is 2.37. The van der Waals surface area contributed by atoms with Crippen molar-refractivity contribution in [3.8, 4) is 0 Å². The van der Waals surface area contributed by atoms with Crippen molar-refractivity contribution in [2.24, 2.45) is 0 Å². The van der Waals surface area contributed by atoms with Crippen LogP contribution in [0.2, 0.25) is 0 Å². The fourth-order valence-electron chi connectivity index (χ4n) is 1.43. The molecule has 0 spiro atoms. The SMILES string of the molecule is CNC(=O)N1OC2C=CC1C2. The third-order valence-corrected chi connectivity index (χ3v) is 1.99. The lowest BCUT2D eigenvalue weighted by Crippen LogP contribution is -2.40. The Balaban J connectivity index is 2.08. The molecule has 11 heavy (non-hydrogen) atoms.